The number of para-hydroxylation sites is 1. The van der Waals surface area contributed by atoms with Crippen LogP contribution in [0.2, 0.25) is 5.02 Å². The van der Waals surface area contributed by atoms with Crippen LogP contribution in [-0.2, 0) is 4.79 Å². The molecule has 1 amide bonds. The number of ether oxygens (including phenoxy) is 2. The minimum Gasteiger partial charge on any atom is -0.484 e. The molecule has 0 N–H and O–H groups in total. The summed E-state index contributed by atoms with van der Waals surface area (Å²) >= 11 is 5.74. The Morgan fingerprint density at radius 3 is 2.83 bits per heavy atom. The van der Waals surface area contributed by atoms with Crippen molar-refractivity contribution in [2.75, 3.05) is 19.7 Å². The number of halogens is 1. The Morgan fingerprint density at radius 1 is 1.33 bits per heavy atom. The van der Waals surface area contributed by atoms with E-state index >= 15 is 0 Å². The zero-order valence-electron chi connectivity index (χ0n) is 13.3. The Bertz CT molecular complexity index is 708. The average Bonchev–Trinajstić information content (AvgIpc) is 3.05. The van der Waals surface area contributed by atoms with Gasteiger partial charge >= 0.3 is 6.01 Å². The Morgan fingerprint density at radius 2 is 2.08 bits per heavy atom. The highest BCUT2D eigenvalue weighted by atomic mass is 35.5. The van der Waals surface area contributed by atoms with Gasteiger partial charge in [-0.25, -0.2) is 9.97 Å². The molecule has 0 saturated carbocycles. The Balaban J connectivity index is 1.49. The molecule has 7 heteroatoms. The molecule has 0 spiro atoms. The van der Waals surface area contributed by atoms with Crippen molar-refractivity contribution in [1.82, 2.24) is 14.9 Å². The monoisotopic (exact) mass is 347 g/mol. The SMILES string of the molecule is Cc1ccccc1OCC(=O)N1CCC(Oc2ncc(Cl)cn2)C1. The molecule has 0 radical (unpaired) electrons. The van der Waals surface area contributed by atoms with Gasteiger partial charge in [-0.15, -0.1) is 0 Å². The summed E-state index contributed by atoms with van der Waals surface area (Å²) in [6.07, 6.45) is 3.59. The second-order valence-electron chi connectivity index (χ2n) is 5.61. The number of carbonyl (C=O) groups excluding carboxylic acids is 1. The standard InChI is InChI=1S/C17H18ClN3O3/c1-12-4-2-3-5-15(12)23-11-16(22)21-7-6-14(10-21)24-17-19-8-13(18)9-20-17/h2-5,8-9,14H,6-7,10-11H2,1H3. The minimum atomic E-state index is -0.117. The Labute approximate surface area is 145 Å². The summed E-state index contributed by atoms with van der Waals surface area (Å²) in [4.78, 5) is 22.0. The van der Waals surface area contributed by atoms with Crippen molar-refractivity contribution in [3.8, 4) is 11.8 Å². The average molecular weight is 348 g/mol. The third kappa shape index (κ3) is 4.14. The Kier molecular flexibility index (Phi) is 5.15. The van der Waals surface area contributed by atoms with Gasteiger partial charge in [0, 0.05) is 13.0 Å². The zero-order chi connectivity index (χ0) is 16.9. The third-order valence-electron chi connectivity index (χ3n) is 3.81. The Hall–Kier alpha value is -2.34. The van der Waals surface area contributed by atoms with Crippen LogP contribution < -0.4 is 9.47 Å². The van der Waals surface area contributed by atoms with Gasteiger partial charge in [-0.3, -0.25) is 4.79 Å². The number of likely N-dealkylation sites (tertiary alicyclic amines) is 1. The summed E-state index contributed by atoms with van der Waals surface area (Å²) in [5.74, 6) is 0.675. The van der Waals surface area contributed by atoms with Gasteiger partial charge in [0.15, 0.2) is 6.61 Å². The molecular weight excluding hydrogens is 330 g/mol. The molecule has 1 fully saturated rings. The van der Waals surface area contributed by atoms with E-state index in [9.17, 15) is 4.79 Å². The van der Waals surface area contributed by atoms with Crippen LogP contribution in [0.1, 0.15) is 12.0 Å². The molecule has 24 heavy (non-hydrogen) atoms. The van der Waals surface area contributed by atoms with E-state index in [2.05, 4.69) is 9.97 Å². The molecule has 1 aromatic heterocycles. The lowest BCUT2D eigenvalue weighted by molar-refractivity contribution is -0.132. The van der Waals surface area contributed by atoms with Crippen LogP contribution in [0.4, 0.5) is 0 Å². The highest BCUT2D eigenvalue weighted by Gasteiger charge is 2.28. The first-order chi connectivity index (χ1) is 11.6. The van der Waals surface area contributed by atoms with Gasteiger partial charge in [-0.1, -0.05) is 29.8 Å². The van der Waals surface area contributed by atoms with E-state index in [0.29, 0.717) is 18.1 Å². The first-order valence-electron chi connectivity index (χ1n) is 7.72. The number of amides is 1. The second-order valence-corrected chi connectivity index (χ2v) is 6.04. The maximum atomic E-state index is 12.3. The summed E-state index contributed by atoms with van der Waals surface area (Å²) in [5.41, 5.74) is 1.01. The van der Waals surface area contributed by atoms with E-state index < -0.39 is 0 Å². The van der Waals surface area contributed by atoms with Gasteiger partial charge in [0.25, 0.3) is 5.91 Å². The molecule has 1 aliphatic heterocycles. The van der Waals surface area contributed by atoms with E-state index in [1.54, 1.807) is 4.90 Å². The minimum absolute atomic E-state index is 0.0228. The maximum Gasteiger partial charge on any atom is 0.316 e. The summed E-state index contributed by atoms with van der Waals surface area (Å²) in [7, 11) is 0. The number of hydrogen-bond acceptors (Lipinski definition) is 5. The molecule has 2 heterocycles. The summed E-state index contributed by atoms with van der Waals surface area (Å²) in [5, 5.41) is 0.457. The van der Waals surface area contributed by atoms with Crippen LogP contribution in [0.3, 0.4) is 0 Å². The predicted octanol–water partition coefficient (Wildman–Crippen LogP) is 2.50. The van der Waals surface area contributed by atoms with E-state index in [1.807, 2.05) is 31.2 Å². The molecule has 126 valence electrons. The van der Waals surface area contributed by atoms with Crippen molar-refractivity contribution in [2.45, 2.75) is 19.4 Å². The molecule has 1 aliphatic rings. The van der Waals surface area contributed by atoms with Gasteiger partial charge in [-0.2, -0.15) is 0 Å². The summed E-state index contributed by atoms with van der Waals surface area (Å²) in [6.45, 7) is 3.11. The van der Waals surface area contributed by atoms with E-state index in [4.69, 9.17) is 21.1 Å². The molecule has 1 atom stereocenters. The molecule has 2 aromatic rings. The summed E-state index contributed by atoms with van der Waals surface area (Å²) in [6, 6.07) is 7.90. The molecule has 6 nitrogen and oxygen atoms in total. The van der Waals surface area contributed by atoms with Crippen molar-refractivity contribution in [2.24, 2.45) is 0 Å². The van der Waals surface area contributed by atoms with Crippen LogP contribution in [0.25, 0.3) is 0 Å². The fourth-order valence-corrected chi connectivity index (χ4v) is 2.61. The topological polar surface area (TPSA) is 64.5 Å². The molecule has 3 rings (SSSR count). The highest BCUT2D eigenvalue weighted by Crippen LogP contribution is 2.18. The van der Waals surface area contributed by atoms with Gasteiger partial charge in [0.1, 0.15) is 11.9 Å². The molecule has 1 unspecified atom stereocenters. The number of nitrogens with zero attached hydrogens (tertiary/aromatic N) is 3. The van der Waals surface area contributed by atoms with Crippen molar-refractivity contribution in [3.63, 3.8) is 0 Å². The van der Waals surface area contributed by atoms with Gasteiger partial charge in [-0.05, 0) is 18.6 Å². The van der Waals surface area contributed by atoms with E-state index in [0.717, 1.165) is 17.7 Å². The zero-order valence-corrected chi connectivity index (χ0v) is 14.1. The molecule has 0 aliphatic carbocycles. The van der Waals surface area contributed by atoms with Crippen LogP contribution in [-0.4, -0.2) is 46.6 Å². The number of aryl methyl sites for hydroxylation is 1. The smallest absolute Gasteiger partial charge is 0.316 e. The fourth-order valence-electron chi connectivity index (χ4n) is 2.51. The fraction of sp³-hybridized carbons (Fsp3) is 0.353. The van der Waals surface area contributed by atoms with Crippen LogP contribution in [0, 0.1) is 6.92 Å². The van der Waals surface area contributed by atoms with Crippen molar-refractivity contribution in [1.29, 1.82) is 0 Å². The maximum absolute atomic E-state index is 12.3. The van der Waals surface area contributed by atoms with Crippen LogP contribution in [0.5, 0.6) is 11.8 Å². The molecule has 1 saturated heterocycles. The second kappa shape index (κ2) is 7.49. The lowest BCUT2D eigenvalue weighted by atomic mass is 10.2. The lowest BCUT2D eigenvalue weighted by Gasteiger charge is -2.17. The number of hydrogen-bond donors (Lipinski definition) is 0. The van der Waals surface area contributed by atoms with Crippen molar-refractivity contribution in [3.05, 3.63) is 47.2 Å². The molecular formula is C17H18ClN3O3. The molecule has 0 bridgehead atoms. The first-order valence-corrected chi connectivity index (χ1v) is 8.10. The van der Waals surface area contributed by atoms with Crippen molar-refractivity contribution >= 4 is 17.5 Å². The third-order valence-corrected chi connectivity index (χ3v) is 4.01. The summed E-state index contributed by atoms with van der Waals surface area (Å²) < 4.78 is 11.3. The van der Waals surface area contributed by atoms with E-state index in [1.165, 1.54) is 12.4 Å². The number of aromatic nitrogens is 2. The highest BCUT2D eigenvalue weighted by molar-refractivity contribution is 6.30. The lowest BCUT2D eigenvalue weighted by Crippen LogP contribution is -2.34. The van der Waals surface area contributed by atoms with Gasteiger partial charge in [0.2, 0.25) is 0 Å². The van der Waals surface area contributed by atoms with Gasteiger partial charge in [0.05, 0.1) is 24.0 Å². The number of rotatable bonds is 5. The van der Waals surface area contributed by atoms with Crippen LogP contribution in [0.15, 0.2) is 36.7 Å². The first kappa shape index (κ1) is 16.5. The number of carbonyl (C=O) groups is 1. The number of benzene rings is 1. The van der Waals surface area contributed by atoms with Crippen molar-refractivity contribution < 1.29 is 14.3 Å². The predicted molar refractivity (Wildman–Crippen MR) is 89.3 cm³/mol. The van der Waals surface area contributed by atoms with E-state index in [-0.39, 0.29) is 24.6 Å². The largest absolute Gasteiger partial charge is 0.484 e. The normalized spacial score (nSPS) is 16.9. The quantitative estimate of drug-likeness (QED) is 0.831. The molecule has 1 aromatic carbocycles. The van der Waals surface area contributed by atoms with Gasteiger partial charge < -0.3 is 14.4 Å². The van der Waals surface area contributed by atoms with Crippen LogP contribution >= 0.6 is 11.6 Å².